The fourth-order valence-corrected chi connectivity index (χ4v) is 20.6. The lowest BCUT2D eigenvalue weighted by Gasteiger charge is -2.67. The number of furan rings is 2. The van der Waals surface area contributed by atoms with Crippen LogP contribution in [0.4, 0.5) is 0 Å². The van der Waals surface area contributed by atoms with Gasteiger partial charge in [0.15, 0.2) is 31.0 Å². The number of halogens is 6. The number of cyclic esters (lactones) is 2. The molecule has 28 heteroatoms. The Hall–Kier alpha value is -5.46. The van der Waals surface area contributed by atoms with Crippen LogP contribution >= 0.6 is 69.6 Å². The van der Waals surface area contributed by atoms with E-state index in [0.717, 1.165) is 0 Å². The van der Waals surface area contributed by atoms with Gasteiger partial charge in [0.1, 0.15) is 35.9 Å². The van der Waals surface area contributed by atoms with Gasteiger partial charge >= 0.3 is 47.8 Å². The molecule has 2 aromatic heterocycles. The standard InChI is InChI=1S/C70H86O22.2CHCl3/c1-31(2)53(75)89-59-63(11)29-67(91-55(77)33(5)6)65(13,39(63)25-41(71)83-15)37-17-21-61(9)47(43(37)49(73)69(59,67)81)45(57(79)87-51(61)35-19-23-85-27-35)46-48-44-38(18-22-62(48,10)52(88-58(46)80)36-20-24-86-28-36)66(14)40(26-42(72)84-16)64(12)30-68(66,92-56(78)34(7)8)70(82,50(44)74)60(64)90-54(76)32(3)4;2*2-1(3)4/h19-20,23-24,27-28,31-34,37-40,51-52,59-60,73-74,81-82H,17-18,21-22,25-26,29-30H2,1-16H3;2*1H/t37-,38-,39-,40-,51-,52-,59-,60-,61+,62+,63+,64+,65+,66+,67+,68+,69+,70+;;/m0../s1. The average molecular weight is 1520 g/mol. The van der Waals surface area contributed by atoms with Crippen LogP contribution in [0.25, 0.3) is 0 Å². The Morgan fingerprint density at radius 2 is 0.840 bits per heavy atom. The number of alkyl halides is 6. The van der Waals surface area contributed by atoms with Gasteiger partial charge in [-0.3, -0.25) is 28.8 Å². The molecule has 12 rings (SSSR count). The highest BCUT2D eigenvalue weighted by Crippen LogP contribution is 2.85. The number of methoxy groups -OCH3 is 2. The van der Waals surface area contributed by atoms with Gasteiger partial charge in [-0.1, -0.05) is 167 Å². The Morgan fingerprint density at radius 1 is 0.530 bits per heavy atom. The van der Waals surface area contributed by atoms with E-state index in [-0.39, 0.29) is 73.7 Å². The van der Waals surface area contributed by atoms with Gasteiger partial charge in [0.05, 0.1) is 74.1 Å². The number of ether oxygens (including phenoxy) is 8. The van der Waals surface area contributed by atoms with Gasteiger partial charge in [-0.15, -0.1) is 0 Å². The van der Waals surface area contributed by atoms with Crippen molar-refractivity contribution in [2.45, 2.75) is 204 Å². The van der Waals surface area contributed by atoms with Crippen LogP contribution in [0.3, 0.4) is 0 Å². The molecule has 4 heterocycles. The molecular weight excluding hydrogens is 1430 g/mol. The highest BCUT2D eigenvalue weighted by Gasteiger charge is 2.93. The molecule has 0 aromatic carbocycles. The van der Waals surface area contributed by atoms with E-state index in [1.165, 1.54) is 39.3 Å². The molecule has 2 aliphatic heterocycles. The van der Waals surface area contributed by atoms with Gasteiger partial charge in [-0.25, -0.2) is 9.59 Å². The van der Waals surface area contributed by atoms with E-state index in [1.807, 2.05) is 0 Å². The van der Waals surface area contributed by atoms with Crippen molar-refractivity contribution >= 4 is 117 Å². The van der Waals surface area contributed by atoms with Crippen molar-refractivity contribution in [3.63, 3.8) is 0 Å². The van der Waals surface area contributed by atoms with Gasteiger partial charge in [-0.2, -0.15) is 0 Å². The maximum atomic E-state index is 16.5. The number of hydrogen-bond acceptors (Lipinski definition) is 22. The van der Waals surface area contributed by atoms with Gasteiger partial charge in [-0.05, 0) is 72.6 Å². The number of carbonyl (C=O) groups excluding carboxylic acids is 8. The summed E-state index contributed by atoms with van der Waals surface area (Å²) in [7, 11) is 2.44. The van der Waals surface area contributed by atoms with Crippen molar-refractivity contribution in [3.8, 4) is 0 Å². The lowest BCUT2D eigenvalue weighted by atomic mass is 9.41. The largest absolute Gasteiger partial charge is 0.509 e. The number of allylic oxidation sites excluding steroid dienone is 2. The zero-order valence-electron chi connectivity index (χ0n) is 58.6. The first-order chi connectivity index (χ1) is 46.4. The van der Waals surface area contributed by atoms with Crippen LogP contribution in [0, 0.1) is 79.8 Å². The summed E-state index contributed by atoms with van der Waals surface area (Å²) < 4.78 is 60.4. The van der Waals surface area contributed by atoms with E-state index in [2.05, 4.69) is 0 Å². The Balaban J connectivity index is 0.00000128. The number of hydrogen-bond donors (Lipinski definition) is 4. The molecule has 4 N–H and O–H groups in total. The highest BCUT2D eigenvalue weighted by molar-refractivity contribution is 6.63. The predicted octanol–water partition coefficient (Wildman–Crippen LogP) is 13.5. The third-order valence-electron chi connectivity index (χ3n) is 24.7. The molecule has 8 aliphatic carbocycles. The van der Waals surface area contributed by atoms with Crippen LogP contribution in [0.1, 0.15) is 172 Å². The minimum Gasteiger partial charge on any atom is -0.509 e. The van der Waals surface area contributed by atoms with Crippen LogP contribution in [0.5, 0.6) is 0 Å². The molecule has 0 saturated heterocycles. The van der Waals surface area contributed by atoms with Crippen LogP contribution in [0.15, 0.2) is 91.0 Å². The first kappa shape index (κ1) is 77.2. The summed E-state index contributed by atoms with van der Waals surface area (Å²) in [5.41, 5.74) is -20.0. The number of aliphatic hydroxyl groups excluding tert-OH is 2. The van der Waals surface area contributed by atoms with E-state index in [0.29, 0.717) is 11.1 Å². The maximum absolute atomic E-state index is 16.5. The van der Waals surface area contributed by atoms with E-state index in [4.69, 9.17) is 116 Å². The quantitative estimate of drug-likeness (QED) is 0.0731. The normalized spacial score (nSPS) is 38.5. The number of fused-ring (bicyclic) bond motifs is 10. The van der Waals surface area contributed by atoms with Crippen molar-refractivity contribution in [2.24, 2.45) is 79.8 Å². The summed E-state index contributed by atoms with van der Waals surface area (Å²) in [6.07, 6.45) is -1.42. The predicted molar refractivity (Wildman–Crippen MR) is 361 cm³/mol. The minimum atomic E-state index is -2.87. The second-order valence-corrected chi connectivity index (χ2v) is 35.1. The van der Waals surface area contributed by atoms with E-state index in [1.54, 1.807) is 109 Å². The van der Waals surface area contributed by atoms with Crippen molar-refractivity contribution in [1.82, 2.24) is 0 Å². The lowest BCUT2D eigenvalue weighted by Crippen LogP contribution is -2.76. The van der Waals surface area contributed by atoms with E-state index in [9.17, 15) is 49.2 Å². The van der Waals surface area contributed by atoms with Crippen LogP contribution in [-0.4, -0.2) is 126 Å². The zero-order valence-corrected chi connectivity index (χ0v) is 63.1. The van der Waals surface area contributed by atoms with Gasteiger partial charge < -0.3 is 67.2 Å². The van der Waals surface area contributed by atoms with E-state index < -0.39 is 206 Å². The molecule has 0 amide bonds. The maximum Gasteiger partial charge on any atom is 0.339 e. The van der Waals surface area contributed by atoms with Crippen molar-refractivity contribution < 1.29 is 106 Å². The Labute approximate surface area is 610 Å². The van der Waals surface area contributed by atoms with Crippen LogP contribution in [0.2, 0.25) is 0 Å². The fourth-order valence-electron chi connectivity index (χ4n) is 20.6. The summed E-state index contributed by atoms with van der Waals surface area (Å²) in [5.74, 6) is -15.9. The summed E-state index contributed by atoms with van der Waals surface area (Å²) in [6.45, 7) is 23.2. The van der Waals surface area contributed by atoms with Crippen molar-refractivity contribution in [3.05, 3.63) is 93.3 Å². The monoisotopic (exact) mass is 1510 g/mol. The van der Waals surface area contributed by atoms with E-state index >= 15 is 9.59 Å². The third kappa shape index (κ3) is 10.6. The molecule has 550 valence electrons. The Morgan fingerprint density at radius 3 is 1.11 bits per heavy atom. The van der Waals surface area contributed by atoms with Crippen molar-refractivity contribution in [1.29, 1.82) is 0 Å². The number of aliphatic hydroxyl groups is 4. The molecule has 22 nitrogen and oxygen atoms in total. The smallest absolute Gasteiger partial charge is 0.339 e. The number of rotatable bonds is 15. The first-order valence-electron chi connectivity index (χ1n) is 33.5. The lowest BCUT2D eigenvalue weighted by molar-refractivity contribution is -0.286. The summed E-state index contributed by atoms with van der Waals surface area (Å²) in [5, 5.41) is 57.1. The molecule has 0 unspecified atom stereocenters. The van der Waals surface area contributed by atoms with Gasteiger partial charge in [0.2, 0.25) is 0 Å². The van der Waals surface area contributed by atoms with Crippen molar-refractivity contribution in [2.75, 3.05) is 14.2 Å². The molecule has 6 fully saturated rings. The second-order valence-electron chi connectivity index (χ2n) is 31.1. The Bertz CT molecular complexity index is 3570. The molecule has 100 heavy (non-hydrogen) atoms. The SMILES string of the molecule is COC(=O)C[C@H]1[C@@]2(C)C[C@@]3(OC(=O)C(C)C)[C@]1(C)[C@H]1CC[C@]4(C)C(=C(C5=C6C7=C(O)[C@@]8(O)[C@@H](OC(=O)C(C)C)[C@]9(C)C[C@@]8(OC(=O)C(C)C)[C@](C)([C@H]7CC[C@@]6(C)[C@H](c6ccoc6)OC5=O)[C@H]9CC(=O)OC)C(=O)O[C@H]4c4ccoc4)C1=C(O)[C@@]3(O)[C@H]2OC(=O)C(C)C.ClC(Cl)Cl.ClC(Cl)Cl. The average Bonchev–Trinajstić information content (AvgIpc) is 1.43. The highest BCUT2D eigenvalue weighted by atomic mass is 35.6. The topological polar surface area (TPSA) is 318 Å². The minimum absolute atomic E-state index is 0.0468. The molecule has 18 atom stereocenters. The van der Waals surface area contributed by atoms with Gasteiger partial charge in [0, 0.05) is 80.4 Å². The first-order valence-corrected chi connectivity index (χ1v) is 36.1. The van der Waals surface area contributed by atoms with Crippen LogP contribution < -0.4 is 0 Å². The number of esters is 8. The molecule has 4 bridgehead atoms. The third-order valence-corrected chi connectivity index (χ3v) is 24.7. The Kier molecular flexibility index (Phi) is 20.3. The molecule has 0 radical (unpaired) electrons. The van der Waals surface area contributed by atoms with Gasteiger partial charge in [0.25, 0.3) is 0 Å². The fraction of sp³-hybridized carbons (Fsp3) is 0.667. The second kappa shape index (κ2) is 26.3. The summed E-state index contributed by atoms with van der Waals surface area (Å²) >= 11 is 28.8. The summed E-state index contributed by atoms with van der Waals surface area (Å²) in [4.78, 5) is 119. The molecule has 6 saturated carbocycles. The number of carbonyl (C=O) groups is 8. The molecule has 0 spiro atoms. The molecular formula is C72H88Cl6O22. The van der Waals surface area contributed by atoms with Crippen LogP contribution in [-0.2, 0) is 76.3 Å². The summed E-state index contributed by atoms with van der Waals surface area (Å²) in [6, 6.07) is 3.20. The molecule has 10 aliphatic rings. The zero-order chi connectivity index (χ0) is 74.4. The molecule has 2 aromatic rings.